The van der Waals surface area contributed by atoms with Gasteiger partial charge in [0.1, 0.15) is 17.4 Å². The van der Waals surface area contributed by atoms with E-state index in [1.165, 1.54) is 24.3 Å². The molecule has 4 N–H and O–H groups in total. The first-order chi connectivity index (χ1) is 10.5. The summed E-state index contributed by atoms with van der Waals surface area (Å²) in [5.41, 5.74) is 4.75. The van der Waals surface area contributed by atoms with E-state index in [-0.39, 0.29) is 12.2 Å². The molecule has 126 valence electrons. The molecule has 0 heterocycles. The van der Waals surface area contributed by atoms with Crippen LogP contribution in [0.5, 0.6) is 5.75 Å². The Kier molecular flexibility index (Phi) is 5.56. The molecule has 8 nitrogen and oxygen atoms in total. The number of amides is 3. The summed E-state index contributed by atoms with van der Waals surface area (Å²) in [5.74, 6) is -1.39. The highest BCUT2D eigenvalue weighted by Gasteiger charge is 2.36. The fourth-order valence-electron chi connectivity index (χ4n) is 1.83. The summed E-state index contributed by atoms with van der Waals surface area (Å²) in [4.78, 5) is 35.5. The maximum absolute atomic E-state index is 12.1. The summed E-state index contributed by atoms with van der Waals surface area (Å²) in [5, 5.41) is 18.6. The first-order valence-corrected chi connectivity index (χ1v) is 6.83. The largest absolute Gasteiger partial charge is 0.508 e. The van der Waals surface area contributed by atoms with Gasteiger partial charge in [0.05, 0.1) is 0 Å². The zero-order valence-corrected chi connectivity index (χ0v) is 13.1. The third-order valence-electron chi connectivity index (χ3n) is 2.79. The Morgan fingerprint density at radius 2 is 1.74 bits per heavy atom. The molecule has 1 aromatic carbocycles. The summed E-state index contributed by atoms with van der Waals surface area (Å²) in [6.07, 6.45) is -1.30. The Bertz CT molecular complexity index is 591. The molecule has 1 rings (SSSR count). The zero-order chi connectivity index (χ0) is 17.8. The van der Waals surface area contributed by atoms with Gasteiger partial charge < -0.3 is 20.7 Å². The number of primary amides is 1. The molecule has 0 aromatic heterocycles. The lowest BCUT2D eigenvalue weighted by molar-refractivity contribution is -0.142. The average Bonchev–Trinajstić information content (AvgIpc) is 2.37. The summed E-state index contributed by atoms with van der Waals surface area (Å²) < 4.78 is 5.03. The van der Waals surface area contributed by atoms with Gasteiger partial charge in [-0.25, -0.2) is 19.3 Å². The molecule has 23 heavy (non-hydrogen) atoms. The highest BCUT2D eigenvalue weighted by Crippen LogP contribution is 2.17. The van der Waals surface area contributed by atoms with Gasteiger partial charge in [0.25, 0.3) is 0 Å². The van der Waals surface area contributed by atoms with Gasteiger partial charge in [-0.15, -0.1) is 0 Å². The second-order valence-corrected chi connectivity index (χ2v) is 5.91. The van der Waals surface area contributed by atoms with Crippen LogP contribution >= 0.6 is 0 Å². The van der Waals surface area contributed by atoms with Crippen LogP contribution in [0, 0.1) is 0 Å². The number of imide groups is 1. The number of nitrogens with two attached hydrogens (primary N) is 1. The smallest absolute Gasteiger partial charge is 0.419 e. The first kappa shape index (κ1) is 18.3. The summed E-state index contributed by atoms with van der Waals surface area (Å²) in [6, 6.07) is 2.98. The molecular formula is C15H20N2O6. The lowest BCUT2D eigenvalue weighted by atomic mass is 10.0. The number of aliphatic carboxylic acids is 1. The predicted octanol–water partition coefficient (Wildman–Crippen LogP) is 1.70. The summed E-state index contributed by atoms with van der Waals surface area (Å²) >= 11 is 0. The Morgan fingerprint density at radius 3 is 2.13 bits per heavy atom. The average molecular weight is 324 g/mol. The second kappa shape index (κ2) is 6.99. The number of hydrogen-bond acceptors (Lipinski definition) is 5. The SMILES string of the molecule is CC(C)(C)OC(=O)N(C(N)=O)[C@@H](Cc1ccc(O)cc1)C(=O)O. The first-order valence-electron chi connectivity index (χ1n) is 6.83. The molecule has 1 atom stereocenters. The van der Waals surface area contributed by atoms with Crippen molar-refractivity contribution in [2.45, 2.75) is 38.8 Å². The van der Waals surface area contributed by atoms with Gasteiger partial charge in [-0.1, -0.05) is 12.1 Å². The number of rotatable bonds is 4. The zero-order valence-electron chi connectivity index (χ0n) is 13.1. The Labute approximate surface area is 133 Å². The molecule has 0 radical (unpaired) electrons. The number of carboxylic acid groups (broad SMARTS) is 1. The molecule has 0 aliphatic carbocycles. The van der Waals surface area contributed by atoms with Crippen LogP contribution in [0.1, 0.15) is 26.3 Å². The van der Waals surface area contributed by atoms with Gasteiger partial charge in [-0.3, -0.25) is 0 Å². The molecule has 8 heteroatoms. The lowest BCUT2D eigenvalue weighted by Crippen LogP contribution is -2.53. The van der Waals surface area contributed by atoms with Crippen molar-refractivity contribution < 1.29 is 29.3 Å². The van der Waals surface area contributed by atoms with Crippen molar-refractivity contribution in [1.82, 2.24) is 4.90 Å². The van der Waals surface area contributed by atoms with Crippen LogP contribution in [0.3, 0.4) is 0 Å². The molecule has 0 aliphatic rings. The molecular weight excluding hydrogens is 304 g/mol. The third-order valence-corrected chi connectivity index (χ3v) is 2.79. The van der Waals surface area contributed by atoms with E-state index in [1.807, 2.05) is 0 Å². The predicted molar refractivity (Wildman–Crippen MR) is 80.9 cm³/mol. The fourth-order valence-corrected chi connectivity index (χ4v) is 1.83. The molecule has 0 bridgehead atoms. The van der Waals surface area contributed by atoms with Gasteiger partial charge in [-0.2, -0.15) is 0 Å². The van der Waals surface area contributed by atoms with Crippen molar-refractivity contribution >= 4 is 18.1 Å². The van der Waals surface area contributed by atoms with Crippen LogP contribution in [0.4, 0.5) is 9.59 Å². The van der Waals surface area contributed by atoms with Crippen LogP contribution in [-0.4, -0.2) is 44.8 Å². The normalized spacial score (nSPS) is 12.3. The van der Waals surface area contributed by atoms with Gasteiger partial charge in [0.2, 0.25) is 0 Å². The summed E-state index contributed by atoms with van der Waals surface area (Å²) in [6.45, 7) is 4.75. The number of carbonyl (C=O) groups excluding carboxylic acids is 2. The summed E-state index contributed by atoms with van der Waals surface area (Å²) in [7, 11) is 0. The van der Waals surface area contributed by atoms with E-state index in [4.69, 9.17) is 10.5 Å². The lowest BCUT2D eigenvalue weighted by Gasteiger charge is -2.28. The highest BCUT2D eigenvalue weighted by atomic mass is 16.6. The van der Waals surface area contributed by atoms with E-state index in [1.54, 1.807) is 20.8 Å². The third kappa shape index (κ3) is 5.50. The van der Waals surface area contributed by atoms with Crippen LogP contribution < -0.4 is 5.73 Å². The minimum absolute atomic E-state index is 0.0134. The van der Waals surface area contributed by atoms with Crippen molar-refractivity contribution in [2.24, 2.45) is 5.73 Å². The van der Waals surface area contributed by atoms with Crippen LogP contribution in [0.2, 0.25) is 0 Å². The maximum Gasteiger partial charge on any atom is 0.419 e. The van der Waals surface area contributed by atoms with Gasteiger partial charge in [0, 0.05) is 6.42 Å². The minimum atomic E-state index is -1.52. The molecule has 0 saturated heterocycles. The van der Waals surface area contributed by atoms with Crippen molar-refractivity contribution in [3.05, 3.63) is 29.8 Å². The maximum atomic E-state index is 12.1. The number of carbonyl (C=O) groups is 3. The van der Waals surface area contributed by atoms with Crippen molar-refractivity contribution in [2.75, 3.05) is 0 Å². The van der Waals surface area contributed by atoms with E-state index in [0.717, 1.165) is 0 Å². The number of aromatic hydroxyl groups is 1. The number of nitrogens with zero attached hydrogens (tertiary/aromatic N) is 1. The van der Waals surface area contributed by atoms with Gasteiger partial charge in [0.15, 0.2) is 0 Å². The molecule has 3 amide bonds. The van der Waals surface area contributed by atoms with Crippen LogP contribution in [0.15, 0.2) is 24.3 Å². The molecule has 0 unspecified atom stereocenters. The molecule has 1 aromatic rings. The number of phenolic OH excluding ortho intramolecular Hbond substituents is 1. The molecule has 0 aliphatic heterocycles. The van der Waals surface area contributed by atoms with E-state index in [9.17, 15) is 24.6 Å². The fraction of sp³-hybridized carbons (Fsp3) is 0.400. The quantitative estimate of drug-likeness (QED) is 0.772. The van der Waals surface area contributed by atoms with Crippen LogP contribution in [0.25, 0.3) is 0 Å². The number of benzene rings is 1. The number of urea groups is 1. The Balaban J connectivity index is 3.07. The van der Waals surface area contributed by atoms with E-state index < -0.39 is 29.7 Å². The number of hydrogen-bond donors (Lipinski definition) is 3. The Hall–Kier alpha value is -2.77. The van der Waals surface area contributed by atoms with Crippen molar-refractivity contribution in [1.29, 1.82) is 0 Å². The monoisotopic (exact) mass is 324 g/mol. The van der Waals surface area contributed by atoms with Gasteiger partial charge >= 0.3 is 18.1 Å². The second-order valence-electron chi connectivity index (χ2n) is 5.91. The number of carboxylic acids is 1. The number of phenols is 1. The number of ether oxygens (including phenoxy) is 1. The Morgan fingerprint density at radius 1 is 1.22 bits per heavy atom. The van der Waals surface area contributed by atoms with Crippen molar-refractivity contribution in [3.8, 4) is 5.75 Å². The standard InChI is InChI=1S/C15H20N2O6/c1-15(2,3)23-14(22)17(13(16)21)11(12(19)20)8-9-4-6-10(18)7-5-9/h4-7,11,18H,8H2,1-3H3,(H2,16,21)(H,19,20)/t11-/m0/s1. The highest BCUT2D eigenvalue weighted by molar-refractivity contribution is 5.95. The van der Waals surface area contributed by atoms with E-state index >= 15 is 0 Å². The van der Waals surface area contributed by atoms with E-state index in [2.05, 4.69) is 0 Å². The molecule has 0 saturated carbocycles. The topological polar surface area (TPSA) is 130 Å². The minimum Gasteiger partial charge on any atom is -0.508 e. The van der Waals surface area contributed by atoms with Crippen LogP contribution in [-0.2, 0) is 16.0 Å². The van der Waals surface area contributed by atoms with E-state index in [0.29, 0.717) is 10.5 Å². The molecule has 0 fully saturated rings. The van der Waals surface area contributed by atoms with Crippen molar-refractivity contribution in [3.63, 3.8) is 0 Å². The molecule has 0 spiro atoms. The van der Waals surface area contributed by atoms with Gasteiger partial charge in [-0.05, 0) is 38.5 Å².